The smallest absolute Gasteiger partial charge is 0.255 e. The van der Waals surface area contributed by atoms with Gasteiger partial charge in [0.25, 0.3) is 5.91 Å². The summed E-state index contributed by atoms with van der Waals surface area (Å²) in [5.74, 6) is -0.162. The summed E-state index contributed by atoms with van der Waals surface area (Å²) in [5, 5.41) is 16.2. The molecule has 4 aromatic rings. The third kappa shape index (κ3) is 4.58. The average molecular weight is 418 g/mol. The molecular weight excluding hydrogens is 390 g/mol. The first-order valence-corrected chi connectivity index (χ1v) is 10.4. The standard InChI is InChI=1S/C23H27N7O/c1-5-29-18(4)21(11-25-29)14-28-15-22(12-24-28)26-23(31)20-8-6-7-19(10-20)13-30-17(3)9-16(2)27-30/h6-12,15H,5,13-14H2,1-4H3,(H,26,31). The molecule has 0 atom stereocenters. The van der Waals surface area contributed by atoms with Crippen LogP contribution in [0.1, 0.15) is 45.5 Å². The molecule has 8 heteroatoms. The van der Waals surface area contributed by atoms with Crippen LogP contribution in [0.2, 0.25) is 0 Å². The first-order valence-electron chi connectivity index (χ1n) is 10.4. The highest BCUT2D eigenvalue weighted by Crippen LogP contribution is 2.14. The minimum absolute atomic E-state index is 0.162. The van der Waals surface area contributed by atoms with Gasteiger partial charge in [0.15, 0.2) is 0 Å². The van der Waals surface area contributed by atoms with Crippen LogP contribution in [0.4, 0.5) is 5.69 Å². The number of aromatic nitrogens is 6. The Morgan fingerprint density at radius 2 is 1.87 bits per heavy atom. The van der Waals surface area contributed by atoms with E-state index < -0.39 is 0 Å². The molecule has 0 spiro atoms. The fraction of sp³-hybridized carbons (Fsp3) is 0.304. The van der Waals surface area contributed by atoms with Crippen LogP contribution < -0.4 is 5.32 Å². The van der Waals surface area contributed by atoms with Gasteiger partial charge >= 0.3 is 0 Å². The van der Waals surface area contributed by atoms with E-state index in [0.717, 1.165) is 34.8 Å². The van der Waals surface area contributed by atoms with E-state index in [-0.39, 0.29) is 5.91 Å². The molecule has 8 nitrogen and oxygen atoms in total. The van der Waals surface area contributed by atoms with Crippen molar-refractivity contribution < 1.29 is 4.79 Å². The van der Waals surface area contributed by atoms with Gasteiger partial charge in [0.05, 0.1) is 36.9 Å². The molecule has 31 heavy (non-hydrogen) atoms. The Kier molecular flexibility index (Phi) is 5.70. The van der Waals surface area contributed by atoms with Crippen molar-refractivity contribution in [1.29, 1.82) is 0 Å². The molecule has 0 bridgehead atoms. The van der Waals surface area contributed by atoms with E-state index in [1.165, 1.54) is 0 Å². The lowest BCUT2D eigenvalue weighted by Crippen LogP contribution is -2.12. The molecule has 3 aromatic heterocycles. The van der Waals surface area contributed by atoms with Crippen molar-refractivity contribution in [2.75, 3.05) is 5.32 Å². The van der Waals surface area contributed by atoms with E-state index in [1.807, 2.05) is 65.9 Å². The lowest BCUT2D eigenvalue weighted by atomic mass is 10.1. The largest absolute Gasteiger partial charge is 0.319 e. The number of hydrogen-bond donors (Lipinski definition) is 1. The van der Waals surface area contributed by atoms with Gasteiger partial charge in [0.2, 0.25) is 0 Å². The molecule has 0 aliphatic heterocycles. The van der Waals surface area contributed by atoms with Crippen molar-refractivity contribution in [3.63, 3.8) is 0 Å². The highest BCUT2D eigenvalue weighted by atomic mass is 16.1. The van der Waals surface area contributed by atoms with Crippen molar-refractivity contribution in [1.82, 2.24) is 29.3 Å². The molecule has 0 saturated carbocycles. The van der Waals surface area contributed by atoms with Crippen LogP contribution in [0.3, 0.4) is 0 Å². The molecule has 160 valence electrons. The van der Waals surface area contributed by atoms with Crippen molar-refractivity contribution in [3.05, 3.63) is 82.7 Å². The average Bonchev–Trinajstić information content (AvgIpc) is 3.42. The maximum absolute atomic E-state index is 12.8. The summed E-state index contributed by atoms with van der Waals surface area (Å²) in [6.45, 7) is 10.2. The Labute approximate surface area is 181 Å². The summed E-state index contributed by atoms with van der Waals surface area (Å²) in [6.07, 6.45) is 5.37. The van der Waals surface area contributed by atoms with Crippen molar-refractivity contribution >= 4 is 11.6 Å². The van der Waals surface area contributed by atoms with E-state index >= 15 is 0 Å². The maximum Gasteiger partial charge on any atom is 0.255 e. The maximum atomic E-state index is 12.8. The van der Waals surface area contributed by atoms with Crippen LogP contribution in [0.5, 0.6) is 0 Å². The number of aryl methyl sites for hydroxylation is 3. The van der Waals surface area contributed by atoms with E-state index in [2.05, 4.69) is 34.5 Å². The zero-order chi connectivity index (χ0) is 22.0. The topological polar surface area (TPSA) is 82.6 Å². The van der Waals surface area contributed by atoms with Gasteiger partial charge in [-0.1, -0.05) is 12.1 Å². The molecule has 0 aliphatic rings. The fourth-order valence-electron chi connectivity index (χ4n) is 3.67. The fourth-order valence-corrected chi connectivity index (χ4v) is 3.67. The molecule has 1 aromatic carbocycles. The van der Waals surface area contributed by atoms with Crippen LogP contribution in [0.15, 0.2) is 48.9 Å². The number of hydrogen-bond acceptors (Lipinski definition) is 4. The third-order valence-corrected chi connectivity index (χ3v) is 5.35. The van der Waals surface area contributed by atoms with Crippen molar-refractivity contribution in [2.45, 2.75) is 47.3 Å². The minimum Gasteiger partial charge on any atom is -0.319 e. The SMILES string of the molecule is CCn1ncc(Cn2cc(NC(=O)c3cccc(Cn4nc(C)cc4C)c3)cn2)c1C. The van der Waals surface area contributed by atoms with Crippen LogP contribution in [0.25, 0.3) is 0 Å². The van der Waals surface area contributed by atoms with Gasteiger partial charge in [0.1, 0.15) is 0 Å². The molecule has 0 unspecified atom stereocenters. The molecule has 0 fully saturated rings. The number of rotatable bonds is 7. The second kappa shape index (κ2) is 8.59. The molecule has 1 N–H and O–H groups in total. The van der Waals surface area contributed by atoms with Gasteiger partial charge in [0, 0.05) is 35.3 Å². The second-order valence-corrected chi connectivity index (χ2v) is 7.74. The highest BCUT2D eigenvalue weighted by Gasteiger charge is 2.11. The Balaban J connectivity index is 1.43. The van der Waals surface area contributed by atoms with E-state index in [4.69, 9.17) is 0 Å². The van der Waals surface area contributed by atoms with E-state index in [1.54, 1.807) is 10.9 Å². The van der Waals surface area contributed by atoms with Crippen LogP contribution in [0, 0.1) is 20.8 Å². The number of anilines is 1. The summed E-state index contributed by atoms with van der Waals surface area (Å²) < 4.78 is 5.71. The first kappa shape index (κ1) is 20.6. The number of nitrogens with one attached hydrogen (secondary N) is 1. The number of nitrogens with zero attached hydrogens (tertiary/aromatic N) is 6. The van der Waals surface area contributed by atoms with Crippen LogP contribution >= 0.6 is 0 Å². The van der Waals surface area contributed by atoms with Crippen LogP contribution in [-0.2, 0) is 19.6 Å². The third-order valence-electron chi connectivity index (χ3n) is 5.35. The molecule has 0 aliphatic carbocycles. The Morgan fingerprint density at radius 3 is 2.58 bits per heavy atom. The van der Waals surface area contributed by atoms with Crippen LogP contribution in [-0.4, -0.2) is 35.2 Å². The minimum atomic E-state index is -0.162. The number of carbonyl (C=O) groups excluding carboxylic acids is 1. The summed E-state index contributed by atoms with van der Waals surface area (Å²) in [5.41, 5.74) is 6.61. The first-order chi connectivity index (χ1) is 14.9. The normalized spacial score (nSPS) is 11.1. The predicted octanol–water partition coefficient (Wildman–Crippen LogP) is 3.57. The van der Waals surface area contributed by atoms with Gasteiger partial charge in [-0.3, -0.25) is 18.8 Å². The zero-order valence-corrected chi connectivity index (χ0v) is 18.3. The monoisotopic (exact) mass is 417 g/mol. The summed E-state index contributed by atoms with van der Waals surface area (Å²) in [6, 6.07) is 9.66. The molecule has 3 heterocycles. The van der Waals surface area contributed by atoms with Gasteiger partial charge in [-0.15, -0.1) is 0 Å². The number of amides is 1. The predicted molar refractivity (Wildman–Crippen MR) is 119 cm³/mol. The second-order valence-electron chi connectivity index (χ2n) is 7.74. The van der Waals surface area contributed by atoms with Gasteiger partial charge in [-0.05, 0) is 51.5 Å². The summed E-state index contributed by atoms with van der Waals surface area (Å²) >= 11 is 0. The summed E-state index contributed by atoms with van der Waals surface area (Å²) in [4.78, 5) is 12.8. The quantitative estimate of drug-likeness (QED) is 0.498. The number of carbonyl (C=O) groups is 1. The van der Waals surface area contributed by atoms with Crippen molar-refractivity contribution in [2.24, 2.45) is 0 Å². The lowest BCUT2D eigenvalue weighted by Gasteiger charge is -2.07. The van der Waals surface area contributed by atoms with E-state index in [0.29, 0.717) is 24.3 Å². The molecule has 0 saturated heterocycles. The Bertz CT molecular complexity index is 1210. The zero-order valence-electron chi connectivity index (χ0n) is 18.3. The Hall–Kier alpha value is -3.68. The van der Waals surface area contributed by atoms with Gasteiger partial charge in [-0.25, -0.2) is 0 Å². The van der Waals surface area contributed by atoms with Gasteiger partial charge in [-0.2, -0.15) is 15.3 Å². The van der Waals surface area contributed by atoms with Gasteiger partial charge < -0.3 is 5.32 Å². The van der Waals surface area contributed by atoms with Crippen molar-refractivity contribution in [3.8, 4) is 0 Å². The lowest BCUT2D eigenvalue weighted by molar-refractivity contribution is 0.102. The highest BCUT2D eigenvalue weighted by molar-refractivity contribution is 6.04. The molecule has 0 radical (unpaired) electrons. The number of benzene rings is 1. The Morgan fingerprint density at radius 1 is 1.03 bits per heavy atom. The van der Waals surface area contributed by atoms with E-state index in [9.17, 15) is 4.79 Å². The molecule has 4 rings (SSSR count). The molecule has 1 amide bonds. The molecular formula is C23H27N7O. The summed E-state index contributed by atoms with van der Waals surface area (Å²) in [7, 11) is 0.